The number of pyridine rings is 1. The highest BCUT2D eigenvalue weighted by molar-refractivity contribution is 6.31. The molecule has 2 atom stereocenters. The van der Waals surface area contributed by atoms with E-state index in [2.05, 4.69) is 15.6 Å². The van der Waals surface area contributed by atoms with Crippen molar-refractivity contribution in [3.63, 3.8) is 0 Å². The van der Waals surface area contributed by atoms with Crippen LogP contribution in [0, 0.1) is 5.82 Å². The number of amides is 1. The van der Waals surface area contributed by atoms with Gasteiger partial charge in [-0.2, -0.15) is 0 Å². The van der Waals surface area contributed by atoms with E-state index in [1.807, 2.05) is 0 Å². The highest BCUT2D eigenvalue weighted by Crippen LogP contribution is 2.28. The summed E-state index contributed by atoms with van der Waals surface area (Å²) in [6, 6.07) is 5.22. The van der Waals surface area contributed by atoms with Crippen LogP contribution in [-0.4, -0.2) is 28.6 Å². The minimum Gasteiger partial charge on any atom is -0.386 e. The standard InChI is InChI=1S/C17H17ClFN3O2/c1-9(15(23)14-12(18)3-2-4-13(14)19)22-17(24)11-7-10-5-6-20-16(10)21-8-11/h2-4,7-9,15,23H,5-6H2,1H3,(H,20,21)(H,22,24). The smallest absolute Gasteiger partial charge is 0.253 e. The van der Waals surface area contributed by atoms with Crippen molar-refractivity contribution in [1.29, 1.82) is 0 Å². The third-order valence-electron chi connectivity index (χ3n) is 4.04. The maximum Gasteiger partial charge on any atom is 0.253 e. The van der Waals surface area contributed by atoms with Gasteiger partial charge in [-0.05, 0) is 37.1 Å². The van der Waals surface area contributed by atoms with Crippen LogP contribution in [0.1, 0.15) is 34.5 Å². The SMILES string of the molecule is CC(NC(=O)c1cnc2c(c1)CCN2)C(O)c1c(F)cccc1Cl. The number of carbonyl (C=O) groups excluding carboxylic acids is 1. The Balaban J connectivity index is 1.74. The number of anilines is 1. The van der Waals surface area contributed by atoms with Gasteiger partial charge in [0.25, 0.3) is 5.91 Å². The molecule has 0 aliphatic carbocycles. The van der Waals surface area contributed by atoms with E-state index in [-0.39, 0.29) is 16.5 Å². The molecule has 3 rings (SSSR count). The highest BCUT2D eigenvalue weighted by atomic mass is 35.5. The van der Waals surface area contributed by atoms with Crippen LogP contribution < -0.4 is 10.6 Å². The van der Waals surface area contributed by atoms with Gasteiger partial charge < -0.3 is 15.7 Å². The molecule has 0 saturated carbocycles. The molecule has 7 heteroatoms. The highest BCUT2D eigenvalue weighted by Gasteiger charge is 2.24. The molecular formula is C17H17ClFN3O2. The zero-order valence-electron chi connectivity index (χ0n) is 13.0. The molecule has 0 radical (unpaired) electrons. The van der Waals surface area contributed by atoms with Crippen LogP contribution in [0.15, 0.2) is 30.5 Å². The molecule has 0 saturated heterocycles. The summed E-state index contributed by atoms with van der Waals surface area (Å²) in [5.74, 6) is -0.199. The monoisotopic (exact) mass is 349 g/mol. The number of benzene rings is 1. The second kappa shape index (κ2) is 6.75. The Kier molecular flexibility index (Phi) is 4.69. The molecule has 2 heterocycles. The zero-order chi connectivity index (χ0) is 17.3. The van der Waals surface area contributed by atoms with E-state index >= 15 is 0 Å². The average Bonchev–Trinajstić information content (AvgIpc) is 3.01. The number of nitrogens with zero attached hydrogens (tertiary/aromatic N) is 1. The second-order valence-electron chi connectivity index (χ2n) is 5.75. The number of fused-ring (bicyclic) bond motifs is 1. The molecule has 2 aromatic rings. The number of aliphatic hydroxyl groups is 1. The van der Waals surface area contributed by atoms with Crippen LogP contribution in [0.5, 0.6) is 0 Å². The fourth-order valence-corrected chi connectivity index (χ4v) is 2.99. The number of rotatable bonds is 4. The van der Waals surface area contributed by atoms with Crippen LogP contribution in [-0.2, 0) is 6.42 Å². The van der Waals surface area contributed by atoms with Crippen molar-refractivity contribution in [3.05, 3.63) is 58.0 Å². The summed E-state index contributed by atoms with van der Waals surface area (Å²) in [6.07, 6.45) is 1.03. The van der Waals surface area contributed by atoms with Crippen LogP contribution in [0.25, 0.3) is 0 Å². The molecule has 0 fully saturated rings. The average molecular weight is 350 g/mol. The van der Waals surface area contributed by atoms with Gasteiger partial charge in [0.2, 0.25) is 0 Å². The molecule has 126 valence electrons. The topological polar surface area (TPSA) is 74.2 Å². The number of hydrogen-bond donors (Lipinski definition) is 3. The van der Waals surface area contributed by atoms with Crippen molar-refractivity contribution in [2.45, 2.75) is 25.5 Å². The van der Waals surface area contributed by atoms with Gasteiger partial charge in [-0.1, -0.05) is 17.7 Å². The van der Waals surface area contributed by atoms with Crippen molar-refractivity contribution in [1.82, 2.24) is 10.3 Å². The van der Waals surface area contributed by atoms with Gasteiger partial charge in [0.05, 0.1) is 11.6 Å². The summed E-state index contributed by atoms with van der Waals surface area (Å²) < 4.78 is 13.9. The lowest BCUT2D eigenvalue weighted by Gasteiger charge is -2.22. The molecule has 3 N–H and O–H groups in total. The first-order valence-corrected chi connectivity index (χ1v) is 8.01. The minimum atomic E-state index is -1.26. The molecule has 2 unspecified atom stereocenters. The summed E-state index contributed by atoms with van der Waals surface area (Å²) in [4.78, 5) is 16.6. The lowest BCUT2D eigenvalue weighted by molar-refractivity contribution is 0.0846. The molecule has 1 aliphatic heterocycles. The van der Waals surface area contributed by atoms with Crippen LogP contribution in [0.3, 0.4) is 0 Å². The minimum absolute atomic E-state index is 0.0248. The van der Waals surface area contributed by atoms with Crippen molar-refractivity contribution < 1.29 is 14.3 Å². The van der Waals surface area contributed by atoms with Gasteiger partial charge in [0.15, 0.2) is 0 Å². The molecule has 1 aliphatic rings. The number of hydrogen-bond acceptors (Lipinski definition) is 4. The predicted molar refractivity (Wildman–Crippen MR) is 89.7 cm³/mol. The Bertz CT molecular complexity index is 764. The molecule has 1 aromatic heterocycles. The molecule has 5 nitrogen and oxygen atoms in total. The number of aliphatic hydroxyl groups excluding tert-OH is 1. The van der Waals surface area contributed by atoms with E-state index < -0.39 is 18.0 Å². The lowest BCUT2D eigenvalue weighted by Crippen LogP contribution is -2.37. The Labute approximate surface area is 143 Å². The summed E-state index contributed by atoms with van der Waals surface area (Å²) in [7, 11) is 0. The van der Waals surface area contributed by atoms with E-state index in [0.717, 1.165) is 24.3 Å². The van der Waals surface area contributed by atoms with Crippen LogP contribution in [0.2, 0.25) is 5.02 Å². The van der Waals surface area contributed by atoms with E-state index in [1.54, 1.807) is 13.0 Å². The Hall–Kier alpha value is -2.18. The number of halogens is 2. The van der Waals surface area contributed by atoms with Crippen LogP contribution in [0.4, 0.5) is 10.2 Å². The summed E-state index contributed by atoms with van der Waals surface area (Å²) >= 11 is 5.96. The van der Waals surface area contributed by atoms with E-state index in [1.165, 1.54) is 24.4 Å². The number of nitrogens with one attached hydrogen (secondary N) is 2. The third kappa shape index (κ3) is 3.20. The molecule has 0 bridgehead atoms. The maximum absolute atomic E-state index is 13.9. The fraction of sp³-hybridized carbons (Fsp3) is 0.294. The van der Waals surface area contributed by atoms with Gasteiger partial charge >= 0.3 is 0 Å². The van der Waals surface area contributed by atoms with E-state index in [0.29, 0.717) is 5.56 Å². The van der Waals surface area contributed by atoms with Crippen molar-refractivity contribution in [3.8, 4) is 0 Å². The van der Waals surface area contributed by atoms with Crippen LogP contribution >= 0.6 is 11.6 Å². The van der Waals surface area contributed by atoms with Crippen molar-refractivity contribution >= 4 is 23.3 Å². The maximum atomic E-state index is 13.9. The lowest BCUT2D eigenvalue weighted by atomic mass is 10.0. The van der Waals surface area contributed by atoms with E-state index in [9.17, 15) is 14.3 Å². The van der Waals surface area contributed by atoms with Crippen molar-refractivity contribution in [2.75, 3.05) is 11.9 Å². The molecule has 1 aromatic carbocycles. The van der Waals surface area contributed by atoms with Gasteiger partial charge in [-0.25, -0.2) is 9.37 Å². The fourth-order valence-electron chi connectivity index (χ4n) is 2.71. The van der Waals surface area contributed by atoms with Gasteiger partial charge in [0, 0.05) is 23.3 Å². The summed E-state index contributed by atoms with van der Waals surface area (Å²) in [6.45, 7) is 2.39. The summed E-state index contributed by atoms with van der Waals surface area (Å²) in [5.41, 5.74) is 1.35. The van der Waals surface area contributed by atoms with Gasteiger partial charge in [-0.3, -0.25) is 4.79 Å². The Morgan fingerprint density at radius 1 is 1.50 bits per heavy atom. The first-order valence-electron chi connectivity index (χ1n) is 7.63. The first kappa shape index (κ1) is 16.7. The third-order valence-corrected chi connectivity index (χ3v) is 4.37. The molecular weight excluding hydrogens is 333 g/mol. The Morgan fingerprint density at radius 3 is 3.04 bits per heavy atom. The largest absolute Gasteiger partial charge is 0.386 e. The normalized spacial score (nSPS) is 15.3. The number of aromatic nitrogens is 1. The molecule has 24 heavy (non-hydrogen) atoms. The second-order valence-corrected chi connectivity index (χ2v) is 6.16. The van der Waals surface area contributed by atoms with Gasteiger partial charge in [0.1, 0.15) is 17.7 Å². The van der Waals surface area contributed by atoms with Gasteiger partial charge in [-0.15, -0.1) is 0 Å². The predicted octanol–water partition coefficient (Wildman–Crippen LogP) is 2.69. The number of carbonyl (C=O) groups is 1. The zero-order valence-corrected chi connectivity index (χ0v) is 13.8. The van der Waals surface area contributed by atoms with Crippen molar-refractivity contribution in [2.24, 2.45) is 0 Å². The van der Waals surface area contributed by atoms with E-state index in [4.69, 9.17) is 11.6 Å². The Morgan fingerprint density at radius 2 is 2.29 bits per heavy atom. The molecule has 1 amide bonds. The quantitative estimate of drug-likeness (QED) is 0.793. The summed E-state index contributed by atoms with van der Waals surface area (Å²) in [5, 5.41) is 16.2. The molecule has 0 spiro atoms. The first-order chi connectivity index (χ1) is 11.5.